The first-order chi connectivity index (χ1) is 15.7. The van der Waals surface area contributed by atoms with Crippen LogP contribution in [0.5, 0.6) is 5.75 Å². The molecule has 33 heavy (non-hydrogen) atoms. The predicted molar refractivity (Wildman–Crippen MR) is 112 cm³/mol. The zero-order chi connectivity index (χ0) is 23.2. The van der Waals surface area contributed by atoms with Gasteiger partial charge in [-0.2, -0.15) is 18.9 Å². The number of fused-ring (bicyclic) bond motifs is 2. The molecule has 1 fully saturated rings. The van der Waals surface area contributed by atoms with Crippen LogP contribution in [0.4, 0.5) is 19.0 Å². The molecule has 13 heteroatoms. The van der Waals surface area contributed by atoms with E-state index in [0.29, 0.717) is 18.9 Å². The average Bonchev–Trinajstić information content (AvgIpc) is 3.25. The number of sulfonamides is 1. The van der Waals surface area contributed by atoms with E-state index in [2.05, 4.69) is 24.7 Å². The fourth-order valence-corrected chi connectivity index (χ4v) is 5.98. The minimum absolute atomic E-state index is 0.107. The highest BCUT2D eigenvalue weighted by atomic mass is 32.2. The highest BCUT2D eigenvalue weighted by Crippen LogP contribution is 2.33. The second-order valence-corrected chi connectivity index (χ2v) is 9.83. The highest BCUT2D eigenvalue weighted by Gasteiger charge is 2.37. The van der Waals surface area contributed by atoms with Crippen molar-refractivity contribution in [2.24, 2.45) is 0 Å². The third-order valence-corrected chi connectivity index (χ3v) is 7.84. The van der Waals surface area contributed by atoms with Gasteiger partial charge in [-0.1, -0.05) is 12.1 Å². The van der Waals surface area contributed by atoms with Crippen LogP contribution < -0.4 is 9.64 Å². The Labute approximate surface area is 187 Å². The smallest absolute Gasteiger partial charge is 0.404 e. The lowest BCUT2D eigenvalue weighted by molar-refractivity contribution is -0.275. The van der Waals surface area contributed by atoms with E-state index in [1.807, 2.05) is 0 Å². The zero-order valence-corrected chi connectivity index (χ0v) is 18.3. The molecule has 0 spiro atoms. The molecule has 1 saturated heterocycles. The molecule has 1 aliphatic heterocycles. The van der Waals surface area contributed by atoms with Crippen LogP contribution in [0.15, 0.2) is 35.5 Å². The number of benzene rings is 1. The largest absolute Gasteiger partial charge is 0.573 e. The first-order valence-corrected chi connectivity index (χ1v) is 12.0. The number of aromatic nitrogens is 4. The van der Waals surface area contributed by atoms with Crippen LogP contribution in [0.25, 0.3) is 5.78 Å². The topological polar surface area (TPSA) is 92.9 Å². The molecule has 1 aromatic carbocycles. The quantitative estimate of drug-likeness (QED) is 0.564. The number of alkyl halides is 3. The van der Waals surface area contributed by atoms with Crippen LogP contribution in [-0.2, 0) is 22.9 Å². The molecule has 0 amide bonds. The summed E-state index contributed by atoms with van der Waals surface area (Å²) in [6, 6.07) is 4.80. The SMILES string of the molecule is O=S(=O)(c1ccccc1OC(F)(F)F)N1CCN(c2c3c(nc4ncnn24)CCCC3)CC1. The van der Waals surface area contributed by atoms with Crippen molar-refractivity contribution in [3.63, 3.8) is 0 Å². The van der Waals surface area contributed by atoms with Gasteiger partial charge in [0, 0.05) is 31.7 Å². The number of aryl methyl sites for hydroxylation is 1. The number of rotatable bonds is 4. The standard InChI is InChI=1S/C20H21F3N6O3S/c21-20(22,23)32-16-7-3-4-8-17(16)33(30,31)28-11-9-27(10-12-28)18-14-5-1-2-6-15(14)26-19-24-13-25-29(18)19/h3-4,7-8,13H,1-2,5-6,9-12H2. The first kappa shape index (κ1) is 21.9. The molecule has 0 unspecified atom stereocenters. The number of ether oxygens (including phenoxy) is 1. The number of nitrogens with zero attached hydrogens (tertiary/aromatic N) is 6. The lowest BCUT2D eigenvalue weighted by Gasteiger charge is -2.37. The summed E-state index contributed by atoms with van der Waals surface area (Å²) in [5.41, 5.74) is 2.09. The van der Waals surface area contributed by atoms with Crippen LogP contribution in [-0.4, -0.2) is 64.8 Å². The maximum Gasteiger partial charge on any atom is 0.573 e. The minimum atomic E-state index is -4.99. The van der Waals surface area contributed by atoms with Crippen LogP contribution >= 0.6 is 0 Å². The number of piperazine rings is 1. The number of para-hydroxylation sites is 1. The second kappa shape index (κ2) is 8.13. The molecule has 5 rings (SSSR count). The molecule has 2 aromatic heterocycles. The third kappa shape index (κ3) is 4.10. The molecule has 0 N–H and O–H groups in total. The minimum Gasteiger partial charge on any atom is -0.404 e. The number of anilines is 1. The van der Waals surface area contributed by atoms with Gasteiger partial charge in [0.25, 0.3) is 5.78 Å². The van der Waals surface area contributed by atoms with Gasteiger partial charge in [-0.25, -0.2) is 13.4 Å². The van der Waals surface area contributed by atoms with Crippen LogP contribution in [0.2, 0.25) is 0 Å². The Bertz CT molecular complexity index is 1290. The monoisotopic (exact) mass is 482 g/mol. The zero-order valence-electron chi connectivity index (χ0n) is 17.5. The molecule has 176 valence electrons. The van der Waals surface area contributed by atoms with E-state index in [9.17, 15) is 21.6 Å². The molecular weight excluding hydrogens is 461 g/mol. The van der Waals surface area contributed by atoms with Gasteiger partial charge in [-0.05, 0) is 37.8 Å². The van der Waals surface area contributed by atoms with Gasteiger partial charge in [-0.3, -0.25) is 0 Å². The molecule has 0 bridgehead atoms. The maximum atomic E-state index is 13.2. The Morgan fingerprint density at radius 1 is 1.00 bits per heavy atom. The fraction of sp³-hybridized carbons (Fsp3) is 0.450. The van der Waals surface area contributed by atoms with Crippen molar-refractivity contribution in [1.29, 1.82) is 0 Å². The number of hydrogen-bond acceptors (Lipinski definition) is 7. The van der Waals surface area contributed by atoms with Gasteiger partial charge in [0.1, 0.15) is 22.8 Å². The summed E-state index contributed by atoms with van der Waals surface area (Å²) < 4.78 is 71.5. The number of hydrogen-bond donors (Lipinski definition) is 0. The molecule has 9 nitrogen and oxygen atoms in total. The van der Waals surface area contributed by atoms with E-state index in [1.54, 1.807) is 4.52 Å². The summed E-state index contributed by atoms with van der Waals surface area (Å²) >= 11 is 0. The van der Waals surface area contributed by atoms with E-state index in [4.69, 9.17) is 0 Å². The van der Waals surface area contributed by atoms with Crippen molar-refractivity contribution in [1.82, 2.24) is 23.9 Å². The summed E-state index contributed by atoms with van der Waals surface area (Å²) in [6.45, 7) is 0.922. The molecule has 0 atom stereocenters. The maximum absolute atomic E-state index is 13.2. The predicted octanol–water partition coefficient (Wildman–Crippen LogP) is 2.41. The van der Waals surface area contributed by atoms with Crippen LogP contribution in [0, 0.1) is 0 Å². The lowest BCUT2D eigenvalue weighted by Crippen LogP contribution is -2.49. The summed E-state index contributed by atoms with van der Waals surface area (Å²) in [5, 5.41) is 4.31. The van der Waals surface area contributed by atoms with Gasteiger partial charge in [0.05, 0.1) is 5.69 Å². The van der Waals surface area contributed by atoms with Crippen molar-refractivity contribution in [2.75, 3.05) is 31.1 Å². The molecule has 2 aliphatic rings. The third-order valence-electron chi connectivity index (χ3n) is 5.90. The van der Waals surface area contributed by atoms with Gasteiger partial charge in [0.2, 0.25) is 10.0 Å². The Morgan fingerprint density at radius 2 is 1.73 bits per heavy atom. The molecule has 3 aromatic rings. The molecular formula is C20H21F3N6O3S. The van der Waals surface area contributed by atoms with Crippen LogP contribution in [0.3, 0.4) is 0 Å². The average molecular weight is 482 g/mol. The van der Waals surface area contributed by atoms with E-state index >= 15 is 0 Å². The van der Waals surface area contributed by atoms with Gasteiger partial charge < -0.3 is 9.64 Å². The Hall–Kier alpha value is -2.93. The molecule has 1 aliphatic carbocycles. The van der Waals surface area contributed by atoms with Crippen molar-refractivity contribution in [3.8, 4) is 5.75 Å². The van der Waals surface area contributed by atoms with Gasteiger partial charge in [-0.15, -0.1) is 13.2 Å². The Balaban J connectivity index is 1.41. The van der Waals surface area contributed by atoms with Crippen molar-refractivity contribution in [2.45, 2.75) is 36.9 Å². The first-order valence-electron chi connectivity index (χ1n) is 10.6. The summed E-state index contributed by atoms with van der Waals surface area (Å²) in [5.74, 6) is 0.629. The Kier molecular flexibility index (Phi) is 5.40. The summed E-state index contributed by atoms with van der Waals surface area (Å²) in [6.07, 6.45) is 0.245. The van der Waals surface area contributed by atoms with Crippen molar-refractivity contribution >= 4 is 21.6 Å². The number of halogens is 3. The molecule has 0 saturated carbocycles. The van der Waals surface area contributed by atoms with E-state index in [0.717, 1.165) is 54.9 Å². The molecule has 3 heterocycles. The van der Waals surface area contributed by atoms with E-state index < -0.39 is 27.0 Å². The second-order valence-electron chi connectivity index (χ2n) is 7.93. The fourth-order valence-electron chi connectivity index (χ4n) is 4.44. The van der Waals surface area contributed by atoms with E-state index in [-0.39, 0.29) is 13.1 Å². The highest BCUT2D eigenvalue weighted by molar-refractivity contribution is 7.89. The molecule has 0 radical (unpaired) electrons. The Morgan fingerprint density at radius 3 is 2.48 bits per heavy atom. The lowest BCUT2D eigenvalue weighted by atomic mass is 9.96. The van der Waals surface area contributed by atoms with E-state index in [1.165, 1.54) is 22.8 Å². The van der Waals surface area contributed by atoms with Gasteiger partial charge in [0.15, 0.2) is 0 Å². The summed E-state index contributed by atoms with van der Waals surface area (Å²) in [4.78, 5) is 10.4. The van der Waals surface area contributed by atoms with Crippen LogP contribution in [0.1, 0.15) is 24.1 Å². The van der Waals surface area contributed by atoms with Crippen molar-refractivity contribution < 1.29 is 26.3 Å². The van der Waals surface area contributed by atoms with Gasteiger partial charge >= 0.3 is 6.36 Å². The van der Waals surface area contributed by atoms with Crippen molar-refractivity contribution in [3.05, 3.63) is 41.9 Å². The normalized spacial score (nSPS) is 17.8. The summed E-state index contributed by atoms with van der Waals surface area (Å²) in [7, 11) is -4.19.